The van der Waals surface area contributed by atoms with Crippen molar-refractivity contribution in [3.63, 3.8) is 0 Å². The first-order chi connectivity index (χ1) is 6.21. The highest BCUT2D eigenvalue weighted by atomic mass is 15.4. The van der Waals surface area contributed by atoms with Gasteiger partial charge in [0.15, 0.2) is 0 Å². The van der Waals surface area contributed by atoms with Gasteiger partial charge in [-0.1, -0.05) is 24.3 Å². The van der Waals surface area contributed by atoms with Crippen LogP contribution in [0.1, 0.15) is 31.0 Å². The molecule has 1 aromatic rings. The zero-order valence-corrected chi connectivity index (χ0v) is 8.25. The molecule has 3 atom stereocenters. The molecule has 2 heterocycles. The van der Waals surface area contributed by atoms with Gasteiger partial charge in [-0.15, -0.1) is 0 Å². The summed E-state index contributed by atoms with van der Waals surface area (Å²) in [4.78, 5) is 2.59. The summed E-state index contributed by atoms with van der Waals surface area (Å²) in [5.41, 5.74) is 3.59. The largest absolute Gasteiger partial charge is 0.288 e. The molecule has 0 aliphatic carbocycles. The van der Waals surface area contributed by atoms with E-state index < -0.39 is 0 Å². The van der Waals surface area contributed by atoms with E-state index in [4.69, 9.17) is 0 Å². The van der Waals surface area contributed by atoms with E-state index in [1.807, 2.05) is 0 Å². The number of hydrogen-bond donors (Lipinski definition) is 0. The van der Waals surface area contributed by atoms with Gasteiger partial charge in [0.05, 0.1) is 0 Å². The lowest BCUT2D eigenvalue weighted by atomic mass is 9.90. The zero-order valence-electron chi connectivity index (χ0n) is 8.25. The normalized spacial score (nSPS) is 40.8. The Morgan fingerprint density at radius 3 is 3.00 bits per heavy atom. The molecule has 0 aromatic heterocycles. The highest BCUT2D eigenvalue weighted by Gasteiger charge is 2.53. The number of rotatable bonds is 0. The molecular weight excluding hydrogens is 158 g/mol. The Kier molecular flexibility index (Phi) is 1.26. The summed E-state index contributed by atoms with van der Waals surface area (Å²) in [6.07, 6.45) is 1.24. The summed E-state index contributed by atoms with van der Waals surface area (Å²) in [5.74, 6) is 0. The van der Waals surface area contributed by atoms with Gasteiger partial charge in [0, 0.05) is 18.1 Å². The fourth-order valence-corrected chi connectivity index (χ4v) is 2.77. The van der Waals surface area contributed by atoms with Crippen LogP contribution < -0.4 is 0 Å². The van der Waals surface area contributed by atoms with Gasteiger partial charge in [0.2, 0.25) is 0 Å². The van der Waals surface area contributed by atoms with E-state index in [9.17, 15) is 0 Å². The first kappa shape index (κ1) is 7.57. The maximum atomic E-state index is 2.59. The van der Waals surface area contributed by atoms with Crippen LogP contribution in [0.25, 0.3) is 0 Å². The van der Waals surface area contributed by atoms with Crippen molar-refractivity contribution in [3.8, 4) is 0 Å². The van der Waals surface area contributed by atoms with Crippen LogP contribution >= 0.6 is 0 Å². The Hall–Kier alpha value is -0.820. The monoisotopic (exact) mass is 173 g/mol. The minimum Gasteiger partial charge on any atom is -0.288 e. The van der Waals surface area contributed by atoms with Crippen molar-refractivity contribution in [1.29, 1.82) is 0 Å². The Morgan fingerprint density at radius 1 is 1.38 bits per heavy atom. The molecule has 2 aliphatic heterocycles. The number of fused-ring (bicyclic) bond motifs is 2. The highest BCUT2D eigenvalue weighted by Crippen LogP contribution is 2.48. The molecule has 3 unspecified atom stereocenters. The predicted molar refractivity (Wildman–Crippen MR) is 53.7 cm³/mol. The minimum absolute atomic E-state index is 0.494. The summed E-state index contributed by atoms with van der Waals surface area (Å²) < 4.78 is 0. The zero-order chi connectivity index (χ0) is 9.05. The summed E-state index contributed by atoms with van der Waals surface area (Å²) in [6.45, 7) is 5.98. The van der Waals surface area contributed by atoms with Gasteiger partial charge in [-0.25, -0.2) is 0 Å². The molecule has 0 amide bonds. The summed E-state index contributed by atoms with van der Waals surface area (Å²) >= 11 is 0. The van der Waals surface area contributed by atoms with E-state index in [1.54, 1.807) is 5.56 Å². The van der Waals surface area contributed by atoms with Gasteiger partial charge in [-0.2, -0.15) is 0 Å². The topological polar surface area (TPSA) is 3.01 Å². The number of nitrogens with zero attached hydrogens (tertiary/aromatic N) is 1. The molecule has 13 heavy (non-hydrogen) atoms. The Morgan fingerprint density at radius 2 is 2.15 bits per heavy atom. The molecule has 0 spiro atoms. The van der Waals surface area contributed by atoms with E-state index in [2.05, 4.69) is 43.0 Å². The second-order valence-electron chi connectivity index (χ2n) is 4.68. The molecule has 1 fully saturated rings. The van der Waals surface area contributed by atoms with Crippen molar-refractivity contribution in [2.24, 2.45) is 0 Å². The second-order valence-corrected chi connectivity index (χ2v) is 4.68. The third-order valence-electron chi connectivity index (χ3n) is 3.64. The van der Waals surface area contributed by atoms with Crippen molar-refractivity contribution in [3.05, 3.63) is 35.4 Å². The maximum Gasteiger partial charge on any atom is 0.0355 e. The Balaban J connectivity index is 2.11. The summed E-state index contributed by atoms with van der Waals surface area (Å²) in [7, 11) is 0. The molecule has 0 N–H and O–H groups in total. The van der Waals surface area contributed by atoms with Crippen molar-refractivity contribution >= 4 is 0 Å². The van der Waals surface area contributed by atoms with E-state index >= 15 is 0 Å². The smallest absolute Gasteiger partial charge is 0.0355 e. The van der Waals surface area contributed by atoms with Gasteiger partial charge < -0.3 is 0 Å². The molecule has 1 saturated heterocycles. The summed E-state index contributed by atoms with van der Waals surface area (Å²) in [6, 6.07) is 9.51. The van der Waals surface area contributed by atoms with E-state index in [0.29, 0.717) is 11.6 Å². The lowest BCUT2D eigenvalue weighted by Gasteiger charge is -2.27. The van der Waals surface area contributed by atoms with Crippen molar-refractivity contribution < 1.29 is 0 Å². The van der Waals surface area contributed by atoms with Crippen LogP contribution in [0.4, 0.5) is 0 Å². The molecular formula is C12H15N. The van der Waals surface area contributed by atoms with Gasteiger partial charge in [-0.3, -0.25) is 4.90 Å². The number of hydrogen-bond acceptors (Lipinski definition) is 1. The lowest BCUT2D eigenvalue weighted by Crippen LogP contribution is -2.26. The quantitative estimate of drug-likeness (QED) is 0.544. The molecule has 68 valence electrons. The maximum absolute atomic E-state index is 2.59. The van der Waals surface area contributed by atoms with Gasteiger partial charge >= 0.3 is 0 Å². The van der Waals surface area contributed by atoms with E-state index in [0.717, 1.165) is 0 Å². The van der Waals surface area contributed by atoms with Crippen LogP contribution in [0.15, 0.2) is 24.3 Å². The molecule has 1 aromatic carbocycles. The Labute approximate surface area is 79.4 Å². The first-order valence-corrected chi connectivity index (χ1v) is 5.05. The Bertz CT molecular complexity index is 358. The van der Waals surface area contributed by atoms with Gasteiger partial charge in [-0.05, 0) is 31.4 Å². The van der Waals surface area contributed by atoms with E-state index in [1.165, 1.54) is 18.5 Å². The molecule has 1 heteroatoms. The van der Waals surface area contributed by atoms with Crippen LogP contribution in [-0.4, -0.2) is 17.0 Å². The minimum atomic E-state index is 0.494. The molecule has 0 radical (unpaired) electrons. The molecule has 0 bridgehead atoms. The first-order valence-electron chi connectivity index (χ1n) is 5.05. The molecule has 0 saturated carbocycles. The lowest BCUT2D eigenvalue weighted by molar-refractivity contribution is 0.324. The molecule has 3 rings (SSSR count). The summed E-state index contributed by atoms with van der Waals surface area (Å²) in [5, 5.41) is 0. The molecule has 1 nitrogen and oxygen atoms in total. The average molecular weight is 173 g/mol. The SMILES string of the molecule is CC1c2ccccc2CC2(C)CN12. The number of benzene rings is 1. The van der Waals surface area contributed by atoms with Crippen LogP contribution in [0.2, 0.25) is 0 Å². The average Bonchev–Trinajstić information content (AvgIpc) is 2.78. The third kappa shape index (κ3) is 0.910. The molecule has 2 aliphatic rings. The standard InChI is InChI=1S/C12H15N/c1-9-11-6-4-3-5-10(11)7-12(2)8-13(9)12/h3-6,9H,7-8H2,1-2H3. The van der Waals surface area contributed by atoms with Crippen molar-refractivity contribution in [2.75, 3.05) is 6.54 Å². The third-order valence-corrected chi connectivity index (χ3v) is 3.64. The van der Waals surface area contributed by atoms with Crippen molar-refractivity contribution in [2.45, 2.75) is 31.8 Å². The fourth-order valence-electron chi connectivity index (χ4n) is 2.77. The van der Waals surface area contributed by atoms with Gasteiger partial charge in [0.1, 0.15) is 0 Å². The van der Waals surface area contributed by atoms with Gasteiger partial charge in [0.25, 0.3) is 0 Å². The predicted octanol–water partition coefficient (Wildman–Crippen LogP) is 2.38. The fraction of sp³-hybridized carbons (Fsp3) is 0.500. The van der Waals surface area contributed by atoms with Crippen molar-refractivity contribution in [1.82, 2.24) is 4.90 Å². The van der Waals surface area contributed by atoms with E-state index in [-0.39, 0.29) is 0 Å². The highest BCUT2D eigenvalue weighted by molar-refractivity contribution is 5.38. The van der Waals surface area contributed by atoms with Crippen LogP contribution in [-0.2, 0) is 6.42 Å². The van der Waals surface area contributed by atoms with Crippen LogP contribution in [0, 0.1) is 0 Å². The van der Waals surface area contributed by atoms with Crippen LogP contribution in [0.5, 0.6) is 0 Å². The second kappa shape index (κ2) is 2.16. The van der Waals surface area contributed by atoms with Crippen LogP contribution in [0.3, 0.4) is 0 Å².